The lowest BCUT2D eigenvalue weighted by Crippen LogP contribution is -2.29. The van der Waals surface area contributed by atoms with Crippen LogP contribution in [0.4, 0.5) is 0 Å². The van der Waals surface area contributed by atoms with Crippen molar-refractivity contribution in [2.75, 3.05) is 7.11 Å². The van der Waals surface area contributed by atoms with E-state index in [-0.39, 0.29) is 10.9 Å². The Labute approximate surface area is 161 Å². The third kappa shape index (κ3) is 4.67. The van der Waals surface area contributed by atoms with E-state index in [4.69, 9.17) is 4.74 Å². The molecule has 0 aliphatic carbocycles. The molecule has 0 unspecified atom stereocenters. The minimum absolute atomic E-state index is 0.261. The molecule has 0 aromatic heterocycles. The summed E-state index contributed by atoms with van der Waals surface area (Å²) in [6.45, 7) is 4.18. The first-order chi connectivity index (χ1) is 12.9. The Bertz CT molecular complexity index is 1010. The van der Waals surface area contributed by atoms with Gasteiger partial charge in [0, 0.05) is 6.04 Å². The molecule has 0 saturated carbocycles. The van der Waals surface area contributed by atoms with Gasteiger partial charge in [-0.1, -0.05) is 56.3 Å². The second-order valence-corrected chi connectivity index (χ2v) is 8.80. The van der Waals surface area contributed by atoms with Gasteiger partial charge in [0.25, 0.3) is 0 Å². The molecule has 3 rings (SSSR count). The van der Waals surface area contributed by atoms with E-state index in [0.29, 0.717) is 5.92 Å². The van der Waals surface area contributed by atoms with E-state index in [9.17, 15) is 8.42 Å². The Kier molecular flexibility index (Phi) is 5.82. The second kappa shape index (κ2) is 8.11. The number of rotatable bonds is 7. The van der Waals surface area contributed by atoms with Crippen molar-refractivity contribution in [3.05, 3.63) is 72.3 Å². The molecule has 0 fully saturated rings. The molecule has 0 aliphatic rings. The zero-order valence-corrected chi connectivity index (χ0v) is 16.7. The lowest BCUT2D eigenvalue weighted by Gasteiger charge is -2.21. The molecule has 27 heavy (non-hydrogen) atoms. The first-order valence-electron chi connectivity index (χ1n) is 9.04. The first kappa shape index (κ1) is 19.4. The van der Waals surface area contributed by atoms with Gasteiger partial charge in [-0.05, 0) is 52.9 Å². The average Bonchev–Trinajstić information content (AvgIpc) is 2.66. The quantitative estimate of drug-likeness (QED) is 0.630. The summed E-state index contributed by atoms with van der Waals surface area (Å²) in [6.07, 6.45) is 0.730. The molecular formula is C22H25NO3S. The predicted octanol–water partition coefficient (Wildman–Crippen LogP) is 4.91. The van der Waals surface area contributed by atoms with Gasteiger partial charge in [0.1, 0.15) is 5.75 Å². The molecular weight excluding hydrogens is 358 g/mol. The van der Waals surface area contributed by atoms with Gasteiger partial charge < -0.3 is 4.74 Å². The SMILES string of the molecule is COc1ccc2cc(S(=O)(=O)N[C@@H](CC(C)C)c3ccccc3)ccc2c1. The Balaban J connectivity index is 1.93. The highest BCUT2D eigenvalue weighted by atomic mass is 32.2. The normalized spacial score (nSPS) is 13.0. The summed E-state index contributed by atoms with van der Waals surface area (Å²) >= 11 is 0. The fourth-order valence-electron chi connectivity index (χ4n) is 3.16. The lowest BCUT2D eigenvalue weighted by molar-refractivity contribution is 0.415. The fourth-order valence-corrected chi connectivity index (χ4v) is 4.43. The molecule has 0 saturated heterocycles. The zero-order chi connectivity index (χ0) is 19.4. The van der Waals surface area contributed by atoms with E-state index >= 15 is 0 Å². The van der Waals surface area contributed by atoms with Gasteiger partial charge in [0.2, 0.25) is 10.0 Å². The number of hydrogen-bond donors (Lipinski definition) is 1. The minimum atomic E-state index is -3.64. The van der Waals surface area contributed by atoms with E-state index in [1.54, 1.807) is 19.2 Å². The van der Waals surface area contributed by atoms with E-state index in [0.717, 1.165) is 28.5 Å². The largest absolute Gasteiger partial charge is 0.497 e. The van der Waals surface area contributed by atoms with Crippen molar-refractivity contribution in [3.8, 4) is 5.75 Å². The minimum Gasteiger partial charge on any atom is -0.497 e. The maximum atomic E-state index is 13.0. The molecule has 0 spiro atoms. The van der Waals surface area contributed by atoms with Gasteiger partial charge in [-0.25, -0.2) is 13.1 Å². The van der Waals surface area contributed by atoms with E-state index in [1.165, 1.54) is 0 Å². The van der Waals surface area contributed by atoms with Crippen LogP contribution in [0.5, 0.6) is 5.75 Å². The number of ether oxygens (including phenoxy) is 1. The molecule has 3 aromatic rings. The molecule has 0 bridgehead atoms. The zero-order valence-electron chi connectivity index (χ0n) is 15.8. The van der Waals surface area contributed by atoms with Gasteiger partial charge in [0.05, 0.1) is 12.0 Å². The summed E-state index contributed by atoms with van der Waals surface area (Å²) in [6, 6.07) is 20.2. The monoisotopic (exact) mass is 383 g/mol. The van der Waals surface area contributed by atoms with Gasteiger partial charge in [0.15, 0.2) is 0 Å². The molecule has 4 nitrogen and oxygen atoms in total. The molecule has 1 atom stereocenters. The molecule has 0 heterocycles. The van der Waals surface area contributed by atoms with Crippen molar-refractivity contribution < 1.29 is 13.2 Å². The summed E-state index contributed by atoms with van der Waals surface area (Å²) in [5.74, 6) is 1.11. The number of benzene rings is 3. The van der Waals surface area contributed by atoms with Crippen molar-refractivity contribution >= 4 is 20.8 Å². The van der Waals surface area contributed by atoms with E-state index in [1.807, 2.05) is 54.6 Å². The smallest absolute Gasteiger partial charge is 0.241 e. The van der Waals surface area contributed by atoms with Crippen LogP contribution in [0, 0.1) is 5.92 Å². The van der Waals surface area contributed by atoms with Crippen molar-refractivity contribution in [1.82, 2.24) is 4.72 Å². The van der Waals surface area contributed by atoms with Crippen LogP contribution in [0.2, 0.25) is 0 Å². The Morgan fingerprint density at radius 1 is 0.926 bits per heavy atom. The van der Waals surface area contributed by atoms with Crippen molar-refractivity contribution in [1.29, 1.82) is 0 Å². The molecule has 0 aliphatic heterocycles. The molecule has 0 amide bonds. The van der Waals surface area contributed by atoms with Crippen LogP contribution in [0.25, 0.3) is 10.8 Å². The van der Waals surface area contributed by atoms with Crippen molar-refractivity contribution in [2.24, 2.45) is 5.92 Å². The Hall–Kier alpha value is -2.37. The van der Waals surface area contributed by atoms with E-state index < -0.39 is 10.0 Å². The van der Waals surface area contributed by atoms with Crippen LogP contribution in [0.1, 0.15) is 31.9 Å². The first-order valence-corrected chi connectivity index (χ1v) is 10.5. The van der Waals surface area contributed by atoms with Crippen LogP contribution in [0.3, 0.4) is 0 Å². The van der Waals surface area contributed by atoms with Crippen LogP contribution < -0.4 is 9.46 Å². The van der Waals surface area contributed by atoms with Crippen LogP contribution in [-0.4, -0.2) is 15.5 Å². The van der Waals surface area contributed by atoms with Crippen molar-refractivity contribution in [2.45, 2.75) is 31.2 Å². The predicted molar refractivity (Wildman–Crippen MR) is 109 cm³/mol. The van der Waals surface area contributed by atoms with Gasteiger partial charge >= 0.3 is 0 Å². The standard InChI is InChI=1S/C22H25NO3S/c1-16(2)13-22(17-7-5-4-6-8-17)23-27(24,25)21-12-10-18-14-20(26-3)11-9-19(18)15-21/h4-12,14-16,22-23H,13H2,1-3H3/t22-/m0/s1. The van der Waals surface area contributed by atoms with Crippen molar-refractivity contribution in [3.63, 3.8) is 0 Å². The maximum Gasteiger partial charge on any atom is 0.241 e. The summed E-state index contributed by atoms with van der Waals surface area (Å²) in [5, 5.41) is 1.80. The lowest BCUT2D eigenvalue weighted by atomic mass is 9.98. The Morgan fingerprint density at radius 2 is 1.59 bits per heavy atom. The third-order valence-corrected chi connectivity index (χ3v) is 6.00. The van der Waals surface area contributed by atoms with Gasteiger partial charge in [-0.15, -0.1) is 0 Å². The molecule has 142 valence electrons. The van der Waals surface area contributed by atoms with Crippen LogP contribution in [0.15, 0.2) is 71.6 Å². The summed E-state index contributed by atoms with van der Waals surface area (Å²) in [5.41, 5.74) is 0.973. The number of nitrogens with one attached hydrogen (secondary N) is 1. The molecule has 3 aromatic carbocycles. The highest BCUT2D eigenvalue weighted by molar-refractivity contribution is 7.89. The summed E-state index contributed by atoms with van der Waals surface area (Å²) in [4.78, 5) is 0.268. The average molecular weight is 384 g/mol. The highest BCUT2D eigenvalue weighted by Crippen LogP contribution is 2.27. The molecule has 5 heteroatoms. The summed E-state index contributed by atoms with van der Waals surface area (Å²) in [7, 11) is -2.03. The highest BCUT2D eigenvalue weighted by Gasteiger charge is 2.22. The van der Waals surface area contributed by atoms with Gasteiger partial charge in [-0.3, -0.25) is 0 Å². The maximum absolute atomic E-state index is 13.0. The topological polar surface area (TPSA) is 55.4 Å². The second-order valence-electron chi connectivity index (χ2n) is 7.09. The summed E-state index contributed by atoms with van der Waals surface area (Å²) < 4.78 is 34.2. The van der Waals surface area contributed by atoms with E-state index in [2.05, 4.69) is 18.6 Å². The molecule has 1 N–H and O–H groups in total. The van der Waals surface area contributed by atoms with Crippen LogP contribution >= 0.6 is 0 Å². The molecule has 0 radical (unpaired) electrons. The third-order valence-electron chi connectivity index (χ3n) is 4.54. The number of methoxy groups -OCH3 is 1. The van der Waals surface area contributed by atoms with Gasteiger partial charge in [-0.2, -0.15) is 0 Å². The Morgan fingerprint density at radius 3 is 2.26 bits per heavy atom. The number of sulfonamides is 1. The number of fused-ring (bicyclic) bond motifs is 1. The number of hydrogen-bond acceptors (Lipinski definition) is 3. The fraction of sp³-hybridized carbons (Fsp3) is 0.273. The van der Waals surface area contributed by atoms with Crippen LogP contribution in [-0.2, 0) is 10.0 Å².